The van der Waals surface area contributed by atoms with Gasteiger partial charge in [0.05, 0.1) is 48.3 Å². The Hall–Kier alpha value is -4.84. The highest BCUT2D eigenvalue weighted by Gasteiger charge is 2.34. The van der Waals surface area contributed by atoms with Crippen LogP contribution in [0.25, 0.3) is 6.08 Å². The Balaban J connectivity index is 1.83. The van der Waals surface area contributed by atoms with E-state index < -0.39 is 18.0 Å². The molecule has 12 heteroatoms. The van der Waals surface area contributed by atoms with Gasteiger partial charge < -0.3 is 28.4 Å². The van der Waals surface area contributed by atoms with Crippen LogP contribution in [-0.2, 0) is 19.1 Å². The lowest BCUT2D eigenvalue weighted by molar-refractivity contribution is -0.145. The molecule has 0 fully saturated rings. The second-order valence-corrected chi connectivity index (χ2v) is 10.8. The lowest BCUT2D eigenvalue weighted by Crippen LogP contribution is -2.40. The molecule has 1 unspecified atom stereocenters. The summed E-state index contributed by atoms with van der Waals surface area (Å²) in [5.41, 5.74) is 1.65. The second kappa shape index (κ2) is 15.9. The topological polar surface area (TPSA) is 124 Å². The summed E-state index contributed by atoms with van der Waals surface area (Å²) in [4.78, 5) is 44.3. The summed E-state index contributed by atoms with van der Waals surface area (Å²) in [6.07, 6.45) is 3.35. The minimum atomic E-state index is -0.831. The number of hydrogen-bond donors (Lipinski definition) is 0. The molecule has 0 amide bonds. The fraction of sp³-hybridized carbons (Fsp3) is 0.353. The molecule has 1 atom stereocenters. The summed E-state index contributed by atoms with van der Waals surface area (Å²) >= 11 is 1.20. The number of benzene rings is 2. The quantitative estimate of drug-likeness (QED) is 0.177. The number of esters is 2. The van der Waals surface area contributed by atoms with Crippen LogP contribution in [0.2, 0.25) is 0 Å². The Morgan fingerprint density at radius 3 is 2.24 bits per heavy atom. The van der Waals surface area contributed by atoms with Gasteiger partial charge in [0.1, 0.15) is 6.61 Å². The third-order valence-corrected chi connectivity index (χ3v) is 7.66. The number of thiazole rings is 1. The lowest BCUT2D eigenvalue weighted by Gasteiger charge is -2.25. The van der Waals surface area contributed by atoms with Gasteiger partial charge in [0.2, 0.25) is 0 Å². The average Bonchev–Trinajstić information content (AvgIpc) is 3.33. The number of fused-ring (bicyclic) bond motifs is 1. The number of allylic oxidation sites excluding steroid dienone is 1. The second-order valence-electron chi connectivity index (χ2n) is 9.77. The molecule has 1 aliphatic rings. The smallest absolute Gasteiger partial charge is 0.344 e. The molecule has 11 nitrogen and oxygen atoms in total. The third kappa shape index (κ3) is 7.68. The molecule has 1 aromatic heterocycles. The van der Waals surface area contributed by atoms with Crippen LogP contribution in [0, 0.1) is 0 Å². The van der Waals surface area contributed by atoms with E-state index in [2.05, 4.69) is 11.6 Å². The summed E-state index contributed by atoms with van der Waals surface area (Å²) in [7, 11) is 0. The maximum Gasteiger partial charge on any atom is 0.344 e. The van der Waals surface area contributed by atoms with Gasteiger partial charge in [-0.25, -0.2) is 14.6 Å². The van der Waals surface area contributed by atoms with E-state index >= 15 is 0 Å². The Labute approximate surface area is 271 Å². The van der Waals surface area contributed by atoms with Crippen molar-refractivity contribution in [2.24, 2.45) is 4.99 Å². The fourth-order valence-electron chi connectivity index (χ4n) is 4.83. The van der Waals surface area contributed by atoms with Crippen LogP contribution in [0.15, 0.2) is 70.1 Å². The maximum atomic E-state index is 14.1. The number of aromatic nitrogens is 1. The predicted molar refractivity (Wildman–Crippen MR) is 173 cm³/mol. The number of nitrogens with zero attached hydrogens (tertiary/aromatic N) is 2. The van der Waals surface area contributed by atoms with Crippen molar-refractivity contribution < 1.29 is 38.0 Å². The monoisotopic (exact) mass is 650 g/mol. The Morgan fingerprint density at radius 1 is 0.891 bits per heavy atom. The minimum absolute atomic E-state index is 0.160. The van der Waals surface area contributed by atoms with Crippen LogP contribution in [0.4, 0.5) is 0 Å². The van der Waals surface area contributed by atoms with Crippen LogP contribution in [-0.4, -0.2) is 56.1 Å². The highest BCUT2D eigenvalue weighted by molar-refractivity contribution is 7.07. The van der Waals surface area contributed by atoms with Gasteiger partial charge in [0, 0.05) is 0 Å². The summed E-state index contributed by atoms with van der Waals surface area (Å²) in [6.45, 7) is 13.7. The van der Waals surface area contributed by atoms with Crippen molar-refractivity contribution in [1.29, 1.82) is 0 Å². The molecule has 0 N–H and O–H groups in total. The molecule has 0 spiro atoms. The molecule has 0 saturated carbocycles. The largest absolute Gasteiger partial charge is 0.490 e. The molecular formula is C34H38N2O9S. The molecule has 2 aromatic carbocycles. The van der Waals surface area contributed by atoms with E-state index in [4.69, 9.17) is 28.4 Å². The van der Waals surface area contributed by atoms with Crippen molar-refractivity contribution in [3.05, 3.63) is 91.1 Å². The zero-order valence-electron chi connectivity index (χ0n) is 26.6. The molecule has 46 heavy (non-hydrogen) atoms. The van der Waals surface area contributed by atoms with Crippen molar-refractivity contribution in [3.8, 4) is 23.0 Å². The molecule has 0 aliphatic carbocycles. The van der Waals surface area contributed by atoms with Crippen LogP contribution >= 0.6 is 11.3 Å². The lowest BCUT2D eigenvalue weighted by atomic mass is 9.95. The van der Waals surface area contributed by atoms with Crippen LogP contribution in [0.5, 0.6) is 23.0 Å². The molecule has 3 aromatic rings. The van der Waals surface area contributed by atoms with Crippen LogP contribution < -0.4 is 33.8 Å². The molecule has 244 valence electrons. The summed E-state index contributed by atoms with van der Waals surface area (Å²) in [6, 6.07) is 9.64. The highest BCUT2D eigenvalue weighted by Crippen LogP contribution is 2.36. The molecule has 2 heterocycles. The zero-order chi connectivity index (χ0) is 33.2. The SMILES string of the molecule is C=CCOc1ccc(C2C(C(=O)OCC)=C(C)N=c3sc(=Cc4ccc(OCC(=O)OCC)c(OCC)c4)c(=O)n32)cc1OCC. The number of carbonyl (C=O) groups is 2. The summed E-state index contributed by atoms with van der Waals surface area (Å²) in [5.74, 6) is 0.705. The first-order valence-corrected chi connectivity index (χ1v) is 15.8. The first-order chi connectivity index (χ1) is 22.3. The van der Waals surface area contributed by atoms with Crippen LogP contribution in [0.3, 0.4) is 0 Å². The fourth-order valence-corrected chi connectivity index (χ4v) is 5.88. The van der Waals surface area contributed by atoms with Gasteiger partial charge in [-0.3, -0.25) is 9.36 Å². The van der Waals surface area contributed by atoms with Gasteiger partial charge in [-0.05, 0) is 76.1 Å². The maximum absolute atomic E-state index is 14.1. The van der Waals surface area contributed by atoms with E-state index in [1.165, 1.54) is 15.9 Å². The Kier molecular flexibility index (Phi) is 11.8. The molecular weight excluding hydrogens is 612 g/mol. The van der Waals surface area contributed by atoms with E-state index in [1.807, 2.05) is 13.8 Å². The molecule has 0 radical (unpaired) electrons. The van der Waals surface area contributed by atoms with Crippen molar-refractivity contribution >= 4 is 29.4 Å². The van der Waals surface area contributed by atoms with Gasteiger partial charge >= 0.3 is 11.9 Å². The van der Waals surface area contributed by atoms with Gasteiger partial charge in [0.15, 0.2) is 34.4 Å². The van der Waals surface area contributed by atoms with Crippen molar-refractivity contribution in [2.45, 2.75) is 40.7 Å². The number of ether oxygens (including phenoxy) is 6. The van der Waals surface area contributed by atoms with Gasteiger partial charge in [0.25, 0.3) is 5.56 Å². The normalized spacial score (nSPS) is 14.2. The van der Waals surface area contributed by atoms with Crippen LogP contribution in [0.1, 0.15) is 51.8 Å². The van der Waals surface area contributed by atoms with E-state index in [-0.39, 0.29) is 37.6 Å². The Bertz CT molecular complexity index is 1810. The average molecular weight is 651 g/mol. The van der Waals surface area contributed by atoms with E-state index in [1.54, 1.807) is 69.3 Å². The molecule has 0 bridgehead atoms. The molecule has 4 rings (SSSR count). The van der Waals surface area contributed by atoms with Gasteiger partial charge in [-0.15, -0.1) is 0 Å². The molecule has 0 saturated heterocycles. The first-order valence-electron chi connectivity index (χ1n) is 15.0. The zero-order valence-corrected chi connectivity index (χ0v) is 27.4. The van der Waals surface area contributed by atoms with Crippen molar-refractivity contribution in [3.63, 3.8) is 0 Å². The third-order valence-electron chi connectivity index (χ3n) is 6.67. The predicted octanol–water partition coefficient (Wildman–Crippen LogP) is 4.10. The number of carbonyl (C=O) groups excluding carboxylic acids is 2. The Morgan fingerprint density at radius 2 is 1.57 bits per heavy atom. The number of hydrogen-bond acceptors (Lipinski definition) is 11. The van der Waals surface area contributed by atoms with E-state index in [0.29, 0.717) is 62.4 Å². The standard InChI is InChI=1S/C34H38N2O9S/c1-7-16-44-24-15-13-23(19-27(24)41-9-3)31-30(33(39)43-11-5)21(6)35-34-36(31)32(38)28(46-34)18-22-12-14-25(26(17-22)40-8-2)45-20-29(37)42-10-4/h7,12-15,17-19,31H,1,8-11,16,20H2,2-6H3. The van der Waals surface area contributed by atoms with Gasteiger partial charge in [-0.1, -0.05) is 36.1 Å². The minimum Gasteiger partial charge on any atom is -0.490 e. The van der Waals surface area contributed by atoms with Crippen molar-refractivity contribution in [1.82, 2.24) is 4.57 Å². The van der Waals surface area contributed by atoms with Crippen molar-refractivity contribution in [2.75, 3.05) is 39.6 Å². The summed E-state index contributed by atoms with van der Waals surface area (Å²) in [5, 5.41) is 0. The van der Waals surface area contributed by atoms with Gasteiger partial charge in [-0.2, -0.15) is 0 Å². The first kappa shape index (κ1) is 34.0. The highest BCUT2D eigenvalue weighted by atomic mass is 32.1. The summed E-state index contributed by atoms with van der Waals surface area (Å²) < 4.78 is 35.3. The van der Waals surface area contributed by atoms with E-state index in [0.717, 1.165) is 0 Å². The number of rotatable bonds is 15. The van der Waals surface area contributed by atoms with E-state index in [9.17, 15) is 14.4 Å². The molecule has 1 aliphatic heterocycles.